The van der Waals surface area contributed by atoms with E-state index >= 15 is 0 Å². The second-order valence-electron chi connectivity index (χ2n) is 5.75. The van der Waals surface area contributed by atoms with Gasteiger partial charge in [0.2, 0.25) is 5.12 Å². The summed E-state index contributed by atoms with van der Waals surface area (Å²) >= 11 is 13.0. The fourth-order valence-electron chi connectivity index (χ4n) is 1.83. The molecule has 0 saturated carbocycles. The highest BCUT2D eigenvalue weighted by atomic mass is 79.9. The fourth-order valence-corrected chi connectivity index (χ4v) is 2.42. The molecule has 2 aromatic rings. The average Bonchev–Trinajstić information content (AvgIpc) is 2.51. The third kappa shape index (κ3) is 5.08. The summed E-state index contributed by atoms with van der Waals surface area (Å²) in [5, 5.41) is -0.655. The highest BCUT2D eigenvalue weighted by molar-refractivity contribution is 9.10. The fraction of sp³-hybridized carbons (Fsp3) is 0.235. The molecule has 0 unspecified atom stereocenters. The molecule has 0 spiro atoms. The van der Waals surface area contributed by atoms with Crippen molar-refractivity contribution in [2.24, 2.45) is 0 Å². The molecule has 0 bridgehead atoms. The van der Waals surface area contributed by atoms with Crippen molar-refractivity contribution in [1.29, 1.82) is 0 Å². The van der Waals surface area contributed by atoms with Gasteiger partial charge in [0.1, 0.15) is 17.2 Å². The van der Waals surface area contributed by atoms with Crippen LogP contribution in [0.15, 0.2) is 40.9 Å². The smallest absolute Gasteiger partial charge is 0.416 e. The van der Waals surface area contributed by atoms with E-state index in [1.165, 1.54) is 6.07 Å². The van der Waals surface area contributed by atoms with Gasteiger partial charge in [-0.2, -0.15) is 13.2 Å². The minimum Gasteiger partial charge on any atom is -0.478 e. The van der Waals surface area contributed by atoms with Gasteiger partial charge in [0, 0.05) is 6.07 Å². The lowest BCUT2D eigenvalue weighted by Crippen LogP contribution is -2.35. The predicted molar refractivity (Wildman–Crippen MR) is 99.4 cm³/mol. The zero-order valence-corrected chi connectivity index (χ0v) is 16.8. The summed E-state index contributed by atoms with van der Waals surface area (Å²) in [6, 6.07) is 7.46. The van der Waals surface area contributed by atoms with Gasteiger partial charge in [0.15, 0.2) is 5.60 Å². The standard InChI is InChI=1S/C17H13BrClF3O3S/c1-16(2,15(23)26)25-14-8-10(4-5-11(14)18)24-13-6-3-9(7-12(13)19)17(20,21)22/h3-8H,1-2H3,(H,23,26). The number of hydrogen-bond acceptors (Lipinski definition) is 3. The number of halogens is 5. The zero-order valence-electron chi connectivity index (χ0n) is 13.5. The van der Waals surface area contributed by atoms with Crippen LogP contribution in [0.5, 0.6) is 17.2 Å². The quantitative estimate of drug-likeness (QED) is 0.506. The van der Waals surface area contributed by atoms with Crippen LogP contribution in [0.4, 0.5) is 13.2 Å². The van der Waals surface area contributed by atoms with Crippen LogP contribution in [0.2, 0.25) is 5.02 Å². The molecule has 0 aliphatic heterocycles. The van der Waals surface area contributed by atoms with E-state index in [-0.39, 0.29) is 16.5 Å². The van der Waals surface area contributed by atoms with Crippen molar-refractivity contribution in [1.82, 2.24) is 0 Å². The lowest BCUT2D eigenvalue weighted by Gasteiger charge is -2.23. The molecule has 140 valence electrons. The third-order valence-electron chi connectivity index (χ3n) is 3.27. The monoisotopic (exact) mass is 468 g/mol. The molecule has 3 nitrogen and oxygen atoms in total. The summed E-state index contributed by atoms with van der Waals surface area (Å²) in [4.78, 5) is 11.5. The number of hydrogen-bond donors (Lipinski definition) is 1. The van der Waals surface area contributed by atoms with Gasteiger partial charge in [0.25, 0.3) is 0 Å². The summed E-state index contributed by atoms with van der Waals surface area (Å²) in [5.41, 5.74) is -2.06. The highest BCUT2D eigenvalue weighted by Gasteiger charge is 2.31. The average molecular weight is 470 g/mol. The topological polar surface area (TPSA) is 35.5 Å². The van der Waals surface area contributed by atoms with Gasteiger partial charge in [-0.1, -0.05) is 11.6 Å². The predicted octanol–water partition coefficient (Wildman–Crippen LogP) is 6.53. The Bertz CT molecular complexity index is 840. The molecule has 26 heavy (non-hydrogen) atoms. The van der Waals surface area contributed by atoms with E-state index in [0.29, 0.717) is 10.2 Å². The first-order chi connectivity index (χ1) is 11.9. The molecule has 0 radical (unpaired) electrons. The largest absolute Gasteiger partial charge is 0.478 e. The summed E-state index contributed by atoms with van der Waals surface area (Å²) in [7, 11) is 0. The maximum atomic E-state index is 12.7. The Morgan fingerprint density at radius 1 is 1.12 bits per heavy atom. The molecule has 2 rings (SSSR count). The van der Waals surface area contributed by atoms with Gasteiger partial charge in [-0.3, -0.25) is 4.79 Å². The van der Waals surface area contributed by atoms with Crippen molar-refractivity contribution in [2.45, 2.75) is 25.6 Å². The summed E-state index contributed by atoms with van der Waals surface area (Å²) in [6.07, 6.45) is -4.49. The maximum absolute atomic E-state index is 12.7. The number of carbonyl (C=O) groups is 1. The molecule has 2 aromatic carbocycles. The van der Waals surface area contributed by atoms with Gasteiger partial charge in [-0.05, 0) is 60.1 Å². The van der Waals surface area contributed by atoms with Gasteiger partial charge < -0.3 is 9.47 Å². The van der Waals surface area contributed by atoms with Crippen molar-refractivity contribution in [3.05, 3.63) is 51.5 Å². The van der Waals surface area contributed by atoms with E-state index < -0.39 is 22.5 Å². The Hall–Kier alpha value is -1.38. The molecule has 0 fully saturated rings. The van der Waals surface area contributed by atoms with Crippen molar-refractivity contribution in [3.63, 3.8) is 0 Å². The molecule has 0 aromatic heterocycles. The molecular weight excluding hydrogens is 457 g/mol. The first-order valence-corrected chi connectivity index (χ1v) is 8.78. The van der Waals surface area contributed by atoms with Crippen molar-refractivity contribution in [2.75, 3.05) is 0 Å². The number of carbonyl (C=O) groups excluding carboxylic acids is 1. The van der Waals surface area contributed by atoms with E-state index in [1.807, 2.05) is 0 Å². The normalized spacial score (nSPS) is 12.0. The Labute approximate surface area is 167 Å². The number of benzene rings is 2. The minimum absolute atomic E-state index is 0.0532. The Kier molecular flexibility index (Phi) is 6.20. The summed E-state index contributed by atoms with van der Waals surface area (Å²) < 4.78 is 49.8. The first kappa shape index (κ1) is 20.9. The van der Waals surface area contributed by atoms with Crippen LogP contribution in [0.1, 0.15) is 19.4 Å². The van der Waals surface area contributed by atoms with E-state index in [4.69, 9.17) is 21.1 Å². The lowest BCUT2D eigenvalue weighted by atomic mass is 10.1. The molecule has 0 atom stereocenters. The Morgan fingerprint density at radius 3 is 2.31 bits per heavy atom. The molecule has 0 heterocycles. The Balaban J connectivity index is 2.28. The minimum atomic E-state index is -4.49. The van der Waals surface area contributed by atoms with Crippen molar-refractivity contribution >= 4 is 45.3 Å². The molecule has 0 N–H and O–H groups in total. The lowest BCUT2D eigenvalue weighted by molar-refractivity contribution is -0.137. The van der Waals surface area contributed by atoms with E-state index in [1.54, 1.807) is 26.0 Å². The van der Waals surface area contributed by atoms with E-state index in [9.17, 15) is 18.0 Å². The SMILES string of the molecule is CC(C)(Oc1cc(Oc2ccc(C(F)(F)F)cc2Cl)ccc1Br)C(=O)S. The molecule has 0 amide bonds. The first-order valence-electron chi connectivity index (χ1n) is 7.17. The highest BCUT2D eigenvalue weighted by Crippen LogP contribution is 2.38. The van der Waals surface area contributed by atoms with Crippen LogP contribution in [0, 0.1) is 0 Å². The van der Waals surface area contributed by atoms with Crippen LogP contribution in [0.3, 0.4) is 0 Å². The number of alkyl halides is 3. The second kappa shape index (κ2) is 7.70. The van der Waals surface area contributed by atoms with Crippen LogP contribution >= 0.6 is 40.2 Å². The summed E-state index contributed by atoms with van der Waals surface area (Å²) in [5.74, 6) is 0.627. The molecule has 0 aliphatic rings. The van der Waals surface area contributed by atoms with Gasteiger partial charge in [-0.25, -0.2) is 0 Å². The number of ether oxygens (including phenoxy) is 2. The molecular formula is C17H13BrClF3O3S. The zero-order chi connectivity index (χ0) is 19.7. The van der Waals surface area contributed by atoms with Gasteiger partial charge in [-0.15, -0.1) is 12.6 Å². The number of rotatable bonds is 5. The molecule has 0 aliphatic carbocycles. The van der Waals surface area contributed by atoms with Crippen LogP contribution in [0.25, 0.3) is 0 Å². The van der Waals surface area contributed by atoms with Gasteiger partial charge >= 0.3 is 6.18 Å². The summed E-state index contributed by atoms with van der Waals surface area (Å²) in [6.45, 7) is 3.10. The Morgan fingerprint density at radius 2 is 1.77 bits per heavy atom. The van der Waals surface area contributed by atoms with E-state index in [0.717, 1.165) is 18.2 Å². The molecule has 0 saturated heterocycles. The maximum Gasteiger partial charge on any atom is 0.416 e. The second-order valence-corrected chi connectivity index (χ2v) is 7.42. The van der Waals surface area contributed by atoms with Gasteiger partial charge in [0.05, 0.1) is 15.1 Å². The van der Waals surface area contributed by atoms with Crippen molar-refractivity contribution in [3.8, 4) is 17.2 Å². The third-order valence-corrected chi connectivity index (χ3v) is 4.76. The molecule has 9 heteroatoms. The van der Waals surface area contributed by atoms with Crippen molar-refractivity contribution < 1.29 is 27.4 Å². The van der Waals surface area contributed by atoms with E-state index in [2.05, 4.69) is 28.6 Å². The van der Waals surface area contributed by atoms with Crippen LogP contribution in [-0.2, 0) is 11.0 Å². The van der Waals surface area contributed by atoms with Crippen LogP contribution in [-0.4, -0.2) is 10.7 Å². The van der Waals surface area contributed by atoms with Crippen LogP contribution < -0.4 is 9.47 Å². The number of thiol groups is 1.